The van der Waals surface area contributed by atoms with Gasteiger partial charge in [-0.05, 0) is 73.5 Å². The molecule has 0 aliphatic carbocycles. The molecule has 4 rings (SSSR count). The Morgan fingerprint density at radius 3 is 2.24 bits per heavy atom. The molecule has 6 nitrogen and oxygen atoms in total. The summed E-state index contributed by atoms with van der Waals surface area (Å²) in [5, 5.41) is 6.01. The van der Waals surface area contributed by atoms with Gasteiger partial charge in [0.1, 0.15) is 10.7 Å². The Morgan fingerprint density at radius 1 is 0.848 bits per heavy atom. The normalized spacial score (nSPS) is 13.5. The number of hydrogen-bond donors (Lipinski definition) is 2. The molecule has 0 saturated heterocycles. The molecule has 1 aliphatic heterocycles. The minimum absolute atomic E-state index is 0.0151. The molecule has 33 heavy (non-hydrogen) atoms. The zero-order valence-electron chi connectivity index (χ0n) is 17.8. The molecule has 0 fully saturated rings. The Balaban J connectivity index is 1.50. The fraction of sp³-hybridized carbons (Fsp3) is 0.0800. The fourth-order valence-corrected chi connectivity index (χ4v) is 3.83. The van der Waals surface area contributed by atoms with Gasteiger partial charge in [0.15, 0.2) is 0 Å². The van der Waals surface area contributed by atoms with Crippen LogP contribution in [0.5, 0.6) is 0 Å². The molecule has 3 aromatic carbocycles. The highest BCUT2D eigenvalue weighted by Gasteiger charge is 2.39. The second kappa shape index (κ2) is 9.10. The Labute approximate surface area is 200 Å². The van der Waals surface area contributed by atoms with Crippen molar-refractivity contribution < 1.29 is 14.4 Å². The standard InChI is InChI=1S/C25H19Cl2N3O3/c1-14-5-3-8-20(15(14)2)30-24(32)21(27)22(25(30)33)28-18-11-9-16(10-12-18)23(31)29-19-7-4-6-17(26)13-19/h3-13,28H,1-2H3,(H,29,31). The smallest absolute Gasteiger partial charge is 0.283 e. The van der Waals surface area contributed by atoms with Gasteiger partial charge in [0.25, 0.3) is 17.7 Å². The lowest BCUT2D eigenvalue weighted by molar-refractivity contribution is -0.120. The summed E-state index contributed by atoms with van der Waals surface area (Å²) in [7, 11) is 0. The number of halogens is 2. The van der Waals surface area contributed by atoms with Crippen LogP contribution in [0.4, 0.5) is 17.1 Å². The second-order valence-corrected chi connectivity index (χ2v) is 8.33. The van der Waals surface area contributed by atoms with Crippen molar-refractivity contribution in [2.75, 3.05) is 15.5 Å². The van der Waals surface area contributed by atoms with Crippen molar-refractivity contribution in [3.05, 3.63) is 99.2 Å². The van der Waals surface area contributed by atoms with Crippen molar-refractivity contribution in [3.63, 3.8) is 0 Å². The highest BCUT2D eigenvalue weighted by Crippen LogP contribution is 2.33. The Morgan fingerprint density at radius 2 is 1.55 bits per heavy atom. The molecule has 2 N–H and O–H groups in total. The lowest BCUT2D eigenvalue weighted by Crippen LogP contribution is -2.33. The van der Waals surface area contributed by atoms with E-state index in [1.807, 2.05) is 19.9 Å². The molecule has 3 amide bonds. The van der Waals surface area contributed by atoms with Crippen LogP contribution in [-0.2, 0) is 9.59 Å². The minimum Gasteiger partial charge on any atom is -0.350 e. The number of benzene rings is 3. The van der Waals surface area contributed by atoms with Crippen LogP contribution in [-0.4, -0.2) is 17.7 Å². The summed E-state index contributed by atoms with van der Waals surface area (Å²) in [6.45, 7) is 3.75. The maximum atomic E-state index is 13.0. The van der Waals surface area contributed by atoms with E-state index in [0.29, 0.717) is 27.6 Å². The Hall–Kier alpha value is -3.61. The van der Waals surface area contributed by atoms with E-state index < -0.39 is 11.8 Å². The summed E-state index contributed by atoms with van der Waals surface area (Å²) in [5.74, 6) is -1.44. The highest BCUT2D eigenvalue weighted by atomic mass is 35.5. The summed E-state index contributed by atoms with van der Waals surface area (Å²) in [4.78, 5) is 39.3. The number of imide groups is 1. The largest absolute Gasteiger partial charge is 0.350 e. The molecule has 0 saturated carbocycles. The van der Waals surface area contributed by atoms with Crippen LogP contribution in [0.3, 0.4) is 0 Å². The lowest BCUT2D eigenvalue weighted by Gasteiger charge is -2.18. The lowest BCUT2D eigenvalue weighted by atomic mass is 10.1. The number of hydrogen-bond acceptors (Lipinski definition) is 4. The van der Waals surface area contributed by atoms with Crippen molar-refractivity contribution in [1.29, 1.82) is 0 Å². The van der Waals surface area contributed by atoms with E-state index >= 15 is 0 Å². The first kappa shape index (κ1) is 22.6. The fourth-order valence-electron chi connectivity index (χ4n) is 3.43. The van der Waals surface area contributed by atoms with E-state index in [4.69, 9.17) is 23.2 Å². The quantitative estimate of drug-likeness (QED) is 0.463. The third-order valence-electron chi connectivity index (χ3n) is 5.34. The van der Waals surface area contributed by atoms with Gasteiger partial charge < -0.3 is 10.6 Å². The molecule has 0 radical (unpaired) electrons. The number of amides is 3. The summed E-state index contributed by atoms with van der Waals surface area (Å²) < 4.78 is 0. The Kier molecular flexibility index (Phi) is 6.22. The molecular formula is C25H19Cl2N3O3. The van der Waals surface area contributed by atoms with Gasteiger partial charge in [-0.3, -0.25) is 14.4 Å². The number of anilines is 3. The van der Waals surface area contributed by atoms with Gasteiger partial charge in [-0.15, -0.1) is 0 Å². The molecule has 8 heteroatoms. The van der Waals surface area contributed by atoms with Crippen LogP contribution >= 0.6 is 23.2 Å². The average molecular weight is 480 g/mol. The number of nitrogens with one attached hydrogen (secondary N) is 2. The number of nitrogens with zero attached hydrogens (tertiary/aromatic N) is 1. The van der Waals surface area contributed by atoms with E-state index in [1.54, 1.807) is 60.7 Å². The number of aryl methyl sites for hydroxylation is 1. The molecule has 0 unspecified atom stereocenters. The molecule has 3 aromatic rings. The van der Waals surface area contributed by atoms with Crippen molar-refractivity contribution >= 4 is 58.0 Å². The molecular weight excluding hydrogens is 461 g/mol. The molecule has 1 heterocycles. The summed E-state index contributed by atoms with van der Waals surface area (Å²) in [5.41, 5.74) is 3.75. The molecule has 1 aliphatic rings. The van der Waals surface area contributed by atoms with Gasteiger partial charge in [-0.2, -0.15) is 0 Å². The van der Waals surface area contributed by atoms with Crippen molar-refractivity contribution in [2.24, 2.45) is 0 Å². The molecule has 166 valence electrons. The molecule has 0 bridgehead atoms. The van der Waals surface area contributed by atoms with Gasteiger partial charge in [-0.25, -0.2) is 4.90 Å². The van der Waals surface area contributed by atoms with Crippen LogP contribution in [0.1, 0.15) is 21.5 Å². The summed E-state index contributed by atoms with van der Waals surface area (Å²) in [6, 6.07) is 18.7. The predicted molar refractivity (Wildman–Crippen MR) is 131 cm³/mol. The third-order valence-corrected chi connectivity index (χ3v) is 5.93. The van der Waals surface area contributed by atoms with Crippen LogP contribution in [0.2, 0.25) is 5.02 Å². The van der Waals surface area contributed by atoms with E-state index in [1.165, 1.54) is 0 Å². The first-order valence-electron chi connectivity index (χ1n) is 10.0. The topological polar surface area (TPSA) is 78.5 Å². The molecule has 0 atom stereocenters. The average Bonchev–Trinajstić information content (AvgIpc) is 2.99. The SMILES string of the molecule is Cc1cccc(N2C(=O)C(Cl)=C(Nc3ccc(C(=O)Nc4cccc(Cl)c4)cc3)C2=O)c1C. The van der Waals surface area contributed by atoms with Gasteiger partial charge in [0, 0.05) is 22.0 Å². The first-order chi connectivity index (χ1) is 15.8. The van der Waals surface area contributed by atoms with E-state index in [-0.39, 0.29) is 16.6 Å². The van der Waals surface area contributed by atoms with Crippen LogP contribution in [0, 0.1) is 13.8 Å². The van der Waals surface area contributed by atoms with Gasteiger partial charge in [0.05, 0.1) is 5.69 Å². The van der Waals surface area contributed by atoms with Crippen LogP contribution in [0.25, 0.3) is 0 Å². The third kappa shape index (κ3) is 4.49. The first-order valence-corrected chi connectivity index (χ1v) is 10.8. The van der Waals surface area contributed by atoms with Crippen molar-refractivity contribution in [2.45, 2.75) is 13.8 Å². The number of carbonyl (C=O) groups excluding carboxylic acids is 3. The second-order valence-electron chi connectivity index (χ2n) is 7.52. The van der Waals surface area contributed by atoms with Gasteiger partial charge >= 0.3 is 0 Å². The maximum absolute atomic E-state index is 13.0. The molecule has 0 spiro atoms. The monoisotopic (exact) mass is 479 g/mol. The zero-order valence-corrected chi connectivity index (χ0v) is 19.3. The van der Waals surface area contributed by atoms with Crippen molar-refractivity contribution in [3.8, 4) is 0 Å². The Bertz CT molecular complexity index is 1320. The molecule has 0 aromatic heterocycles. The minimum atomic E-state index is -0.588. The number of rotatable bonds is 5. The summed E-state index contributed by atoms with van der Waals surface area (Å²) >= 11 is 12.2. The maximum Gasteiger partial charge on any atom is 0.283 e. The van der Waals surface area contributed by atoms with E-state index in [2.05, 4.69) is 10.6 Å². The van der Waals surface area contributed by atoms with Crippen LogP contribution < -0.4 is 15.5 Å². The highest BCUT2D eigenvalue weighted by molar-refractivity contribution is 6.53. The van der Waals surface area contributed by atoms with Gasteiger partial charge in [-0.1, -0.05) is 41.4 Å². The van der Waals surface area contributed by atoms with Crippen LogP contribution in [0.15, 0.2) is 77.5 Å². The predicted octanol–water partition coefficient (Wildman–Crippen LogP) is 5.64. The van der Waals surface area contributed by atoms with E-state index in [9.17, 15) is 14.4 Å². The van der Waals surface area contributed by atoms with Crippen molar-refractivity contribution in [1.82, 2.24) is 0 Å². The summed E-state index contributed by atoms with van der Waals surface area (Å²) in [6.07, 6.45) is 0. The van der Waals surface area contributed by atoms with E-state index in [0.717, 1.165) is 16.0 Å². The zero-order chi connectivity index (χ0) is 23.7. The van der Waals surface area contributed by atoms with Gasteiger partial charge in [0.2, 0.25) is 0 Å². The number of carbonyl (C=O) groups is 3.